The highest BCUT2D eigenvalue weighted by Crippen LogP contribution is 2.23. The van der Waals surface area contributed by atoms with E-state index in [2.05, 4.69) is 13.8 Å². The Morgan fingerprint density at radius 2 is 1.88 bits per heavy atom. The van der Waals surface area contributed by atoms with E-state index in [0.29, 0.717) is 18.4 Å². The van der Waals surface area contributed by atoms with Gasteiger partial charge in [-0.1, -0.05) is 20.3 Å². The molecule has 17 heavy (non-hydrogen) atoms. The van der Waals surface area contributed by atoms with E-state index < -0.39 is 0 Å². The number of rotatable bonds is 5. The molecule has 0 heterocycles. The molecule has 0 radical (unpaired) electrons. The van der Waals surface area contributed by atoms with Crippen molar-refractivity contribution in [1.82, 2.24) is 4.90 Å². The number of carbonyl (C=O) groups excluding carboxylic acids is 1. The first kappa shape index (κ1) is 14.5. The van der Waals surface area contributed by atoms with E-state index in [0.717, 1.165) is 38.5 Å². The highest BCUT2D eigenvalue weighted by Gasteiger charge is 2.25. The molecule has 1 amide bonds. The number of hydrogen-bond acceptors (Lipinski definition) is 2. The third-order valence-corrected chi connectivity index (χ3v) is 3.78. The van der Waals surface area contributed by atoms with Crippen molar-refractivity contribution < 1.29 is 9.90 Å². The number of aliphatic hydroxyl groups excluding tert-OH is 1. The van der Waals surface area contributed by atoms with Crippen molar-refractivity contribution in [3.63, 3.8) is 0 Å². The van der Waals surface area contributed by atoms with Gasteiger partial charge in [-0.15, -0.1) is 0 Å². The van der Waals surface area contributed by atoms with Gasteiger partial charge < -0.3 is 10.0 Å². The SMILES string of the molecule is CC(C)CCCC(=O)N(C)C1CCC(O)CC1. The molecule has 0 bridgehead atoms. The van der Waals surface area contributed by atoms with E-state index in [1.807, 2.05) is 11.9 Å². The van der Waals surface area contributed by atoms with Crippen molar-refractivity contribution >= 4 is 5.91 Å². The molecule has 0 aliphatic heterocycles. The number of carbonyl (C=O) groups is 1. The topological polar surface area (TPSA) is 40.5 Å². The summed E-state index contributed by atoms with van der Waals surface area (Å²) in [7, 11) is 1.92. The van der Waals surface area contributed by atoms with Crippen molar-refractivity contribution in [2.45, 2.75) is 70.9 Å². The number of aliphatic hydroxyl groups is 1. The van der Waals surface area contributed by atoms with Crippen LogP contribution in [0.25, 0.3) is 0 Å². The smallest absolute Gasteiger partial charge is 0.222 e. The van der Waals surface area contributed by atoms with Gasteiger partial charge in [0.2, 0.25) is 5.91 Å². The van der Waals surface area contributed by atoms with Crippen LogP contribution >= 0.6 is 0 Å². The fraction of sp³-hybridized carbons (Fsp3) is 0.929. The lowest BCUT2D eigenvalue weighted by atomic mass is 9.92. The van der Waals surface area contributed by atoms with Crippen molar-refractivity contribution in [2.75, 3.05) is 7.05 Å². The average molecular weight is 241 g/mol. The summed E-state index contributed by atoms with van der Waals surface area (Å²) < 4.78 is 0. The van der Waals surface area contributed by atoms with Crippen molar-refractivity contribution in [2.24, 2.45) is 5.92 Å². The summed E-state index contributed by atoms with van der Waals surface area (Å²) in [6.45, 7) is 4.38. The summed E-state index contributed by atoms with van der Waals surface area (Å²) in [5, 5.41) is 9.45. The molecule has 1 rings (SSSR count). The molecule has 0 saturated heterocycles. The van der Waals surface area contributed by atoms with Gasteiger partial charge in [0, 0.05) is 19.5 Å². The first-order chi connectivity index (χ1) is 8.00. The molecule has 1 aliphatic carbocycles. The molecule has 0 unspecified atom stereocenters. The second-order valence-corrected chi connectivity index (χ2v) is 5.75. The maximum absolute atomic E-state index is 12.0. The molecular formula is C14H27NO2. The van der Waals surface area contributed by atoms with Crippen molar-refractivity contribution in [3.05, 3.63) is 0 Å². The summed E-state index contributed by atoms with van der Waals surface area (Å²) in [6, 6.07) is 0.352. The van der Waals surface area contributed by atoms with Gasteiger partial charge in [-0.2, -0.15) is 0 Å². The van der Waals surface area contributed by atoms with Crippen LogP contribution in [-0.4, -0.2) is 35.1 Å². The minimum Gasteiger partial charge on any atom is -0.393 e. The first-order valence-electron chi connectivity index (χ1n) is 6.94. The Bertz CT molecular complexity index is 232. The lowest BCUT2D eigenvalue weighted by molar-refractivity contribution is -0.133. The fourth-order valence-electron chi connectivity index (χ4n) is 2.49. The molecule has 3 nitrogen and oxygen atoms in total. The van der Waals surface area contributed by atoms with Crippen LogP contribution in [-0.2, 0) is 4.79 Å². The molecule has 0 aromatic carbocycles. The van der Waals surface area contributed by atoms with E-state index in [9.17, 15) is 9.90 Å². The lowest BCUT2D eigenvalue weighted by Gasteiger charge is -2.33. The molecule has 0 aromatic heterocycles. The monoisotopic (exact) mass is 241 g/mol. The van der Waals surface area contributed by atoms with Crippen LogP contribution in [0.4, 0.5) is 0 Å². The van der Waals surface area contributed by atoms with Gasteiger partial charge in [0.15, 0.2) is 0 Å². The Kier molecular flexibility index (Phi) is 5.96. The van der Waals surface area contributed by atoms with Crippen LogP contribution in [0.2, 0.25) is 0 Å². The third kappa shape index (κ3) is 5.07. The molecule has 0 atom stereocenters. The van der Waals surface area contributed by atoms with E-state index in [4.69, 9.17) is 0 Å². The maximum atomic E-state index is 12.0. The van der Waals surface area contributed by atoms with Crippen LogP contribution in [0.1, 0.15) is 58.8 Å². The third-order valence-electron chi connectivity index (χ3n) is 3.78. The summed E-state index contributed by atoms with van der Waals surface area (Å²) >= 11 is 0. The fourth-order valence-corrected chi connectivity index (χ4v) is 2.49. The van der Waals surface area contributed by atoms with Gasteiger partial charge in [-0.3, -0.25) is 4.79 Å². The number of hydrogen-bond donors (Lipinski definition) is 1. The predicted octanol–water partition coefficient (Wildman–Crippen LogP) is 2.57. The van der Waals surface area contributed by atoms with Crippen LogP contribution in [0.15, 0.2) is 0 Å². The van der Waals surface area contributed by atoms with Gasteiger partial charge >= 0.3 is 0 Å². The van der Waals surface area contributed by atoms with Gasteiger partial charge in [0.1, 0.15) is 0 Å². The van der Waals surface area contributed by atoms with Gasteiger partial charge in [-0.25, -0.2) is 0 Å². The van der Waals surface area contributed by atoms with Crippen molar-refractivity contribution in [1.29, 1.82) is 0 Å². The molecule has 3 heteroatoms. The van der Waals surface area contributed by atoms with E-state index in [1.54, 1.807) is 0 Å². The van der Waals surface area contributed by atoms with Crippen LogP contribution in [0, 0.1) is 5.92 Å². The maximum Gasteiger partial charge on any atom is 0.222 e. The first-order valence-corrected chi connectivity index (χ1v) is 6.94. The van der Waals surface area contributed by atoms with E-state index in [1.165, 1.54) is 0 Å². The van der Waals surface area contributed by atoms with Crippen LogP contribution < -0.4 is 0 Å². The molecule has 1 aliphatic rings. The summed E-state index contributed by atoms with van der Waals surface area (Å²) in [6.07, 6.45) is 6.24. The zero-order chi connectivity index (χ0) is 12.8. The zero-order valence-electron chi connectivity index (χ0n) is 11.5. The summed E-state index contributed by atoms with van der Waals surface area (Å²) in [5.41, 5.74) is 0. The Labute approximate surface area is 105 Å². The molecule has 1 saturated carbocycles. The molecule has 1 fully saturated rings. The van der Waals surface area contributed by atoms with Crippen LogP contribution in [0.5, 0.6) is 0 Å². The second-order valence-electron chi connectivity index (χ2n) is 5.75. The minimum atomic E-state index is -0.143. The molecule has 0 spiro atoms. The Balaban J connectivity index is 2.26. The Morgan fingerprint density at radius 1 is 1.29 bits per heavy atom. The minimum absolute atomic E-state index is 0.143. The van der Waals surface area contributed by atoms with Gasteiger partial charge in [-0.05, 0) is 38.0 Å². The Hall–Kier alpha value is -0.570. The molecule has 100 valence electrons. The predicted molar refractivity (Wildman–Crippen MR) is 69.7 cm³/mol. The number of amides is 1. The zero-order valence-corrected chi connectivity index (χ0v) is 11.5. The summed E-state index contributed by atoms with van der Waals surface area (Å²) in [5.74, 6) is 0.949. The summed E-state index contributed by atoms with van der Waals surface area (Å²) in [4.78, 5) is 13.9. The van der Waals surface area contributed by atoms with Crippen LogP contribution in [0.3, 0.4) is 0 Å². The van der Waals surface area contributed by atoms with E-state index in [-0.39, 0.29) is 12.0 Å². The molecule has 1 N–H and O–H groups in total. The highest BCUT2D eigenvalue weighted by molar-refractivity contribution is 5.76. The van der Waals surface area contributed by atoms with Gasteiger partial charge in [0.05, 0.1) is 6.10 Å². The normalized spacial score (nSPS) is 25.0. The van der Waals surface area contributed by atoms with E-state index >= 15 is 0 Å². The molecular weight excluding hydrogens is 214 g/mol. The standard InChI is InChI=1S/C14H27NO2/c1-11(2)5-4-6-14(17)15(3)12-7-9-13(16)10-8-12/h11-13,16H,4-10H2,1-3H3. The Morgan fingerprint density at radius 3 is 2.41 bits per heavy atom. The highest BCUT2D eigenvalue weighted by atomic mass is 16.3. The van der Waals surface area contributed by atoms with Gasteiger partial charge in [0.25, 0.3) is 0 Å². The quantitative estimate of drug-likeness (QED) is 0.803. The molecule has 0 aromatic rings. The van der Waals surface area contributed by atoms with Crippen molar-refractivity contribution in [3.8, 4) is 0 Å². The largest absolute Gasteiger partial charge is 0.393 e. The lowest BCUT2D eigenvalue weighted by Crippen LogP contribution is -2.40. The number of nitrogens with zero attached hydrogens (tertiary/aromatic N) is 1. The second kappa shape index (κ2) is 7.00. The average Bonchev–Trinajstić information content (AvgIpc) is 2.28.